The smallest absolute Gasteiger partial charge is 0.237 e. The molecule has 136 valence electrons. The van der Waals surface area contributed by atoms with Crippen molar-refractivity contribution < 1.29 is 9.18 Å². The molecule has 2 aliphatic rings. The highest BCUT2D eigenvalue weighted by molar-refractivity contribution is 8.01. The van der Waals surface area contributed by atoms with Crippen LogP contribution in [0.5, 0.6) is 0 Å². The number of nitrogens with zero attached hydrogens (tertiary/aromatic N) is 2. The van der Waals surface area contributed by atoms with Crippen LogP contribution in [-0.2, 0) is 4.79 Å². The van der Waals surface area contributed by atoms with Gasteiger partial charge in [-0.1, -0.05) is 12.1 Å². The Morgan fingerprint density at radius 3 is 2.54 bits per heavy atom. The lowest BCUT2D eigenvalue weighted by atomic mass is 10.2. The Bertz CT molecular complexity index is 775. The molecule has 0 aliphatic carbocycles. The first kappa shape index (κ1) is 17.4. The Labute approximate surface area is 157 Å². The van der Waals surface area contributed by atoms with Gasteiger partial charge in [-0.2, -0.15) is 0 Å². The summed E-state index contributed by atoms with van der Waals surface area (Å²) in [5, 5.41) is 2.99. The highest BCUT2D eigenvalue weighted by atomic mass is 32.2. The second-order valence-electron chi connectivity index (χ2n) is 6.69. The van der Waals surface area contributed by atoms with Gasteiger partial charge in [0.25, 0.3) is 0 Å². The van der Waals surface area contributed by atoms with E-state index < -0.39 is 0 Å². The number of anilines is 2. The molecule has 2 aromatic rings. The van der Waals surface area contributed by atoms with E-state index in [4.69, 9.17) is 0 Å². The van der Waals surface area contributed by atoms with E-state index in [1.807, 2.05) is 30.3 Å². The van der Waals surface area contributed by atoms with Crippen LogP contribution in [0.2, 0.25) is 0 Å². The fourth-order valence-electron chi connectivity index (χ4n) is 3.46. The van der Waals surface area contributed by atoms with E-state index in [1.54, 1.807) is 11.8 Å². The Kier molecular flexibility index (Phi) is 5.13. The fourth-order valence-corrected chi connectivity index (χ4v) is 4.56. The van der Waals surface area contributed by atoms with Gasteiger partial charge in [0.2, 0.25) is 5.91 Å². The number of amides is 1. The molecule has 4 rings (SSSR count). The van der Waals surface area contributed by atoms with Crippen LogP contribution in [-0.4, -0.2) is 48.8 Å². The minimum atomic E-state index is -0.197. The maximum absolute atomic E-state index is 13.1. The van der Waals surface area contributed by atoms with Crippen LogP contribution in [0.25, 0.3) is 0 Å². The highest BCUT2D eigenvalue weighted by Gasteiger charge is 2.27. The van der Waals surface area contributed by atoms with E-state index in [0.29, 0.717) is 0 Å². The number of rotatable bonds is 4. The van der Waals surface area contributed by atoms with Gasteiger partial charge in [-0.15, -0.1) is 11.8 Å². The Balaban J connectivity index is 1.27. The van der Waals surface area contributed by atoms with Crippen molar-refractivity contribution >= 4 is 29.0 Å². The monoisotopic (exact) mass is 371 g/mol. The molecule has 1 N–H and O–H groups in total. The fraction of sp³-hybridized carbons (Fsp3) is 0.350. The van der Waals surface area contributed by atoms with E-state index >= 15 is 0 Å². The van der Waals surface area contributed by atoms with Crippen molar-refractivity contribution in [3.8, 4) is 0 Å². The minimum Gasteiger partial charge on any atom is -0.369 e. The van der Waals surface area contributed by atoms with Gasteiger partial charge in [0.15, 0.2) is 0 Å². The largest absolute Gasteiger partial charge is 0.369 e. The summed E-state index contributed by atoms with van der Waals surface area (Å²) in [4.78, 5) is 18.2. The molecule has 2 heterocycles. The lowest BCUT2D eigenvalue weighted by Gasteiger charge is -2.36. The summed E-state index contributed by atoms with van der Waals surface area (Å²) in [5.41, 5.74) is 2.00. The number of thioether (sulfide) groups is 1. The predicted octanol–water partition coefficient (Wildman–Crippen LogP) is 3.45. The van der Waals surface area contributed by atoms with Gasteiger partial charge in [0.05, 0.1) is 10.9 Å². The Morgan fingerprint density at radius 2 is 1.77 bits per heavy atom. The quantitative estimate of drug-likeness (QED) is 0.893. The molecule has 0 bridgehead atoms. The molecule has 1 unspecified atom stereocenters. The number of hydrogen-bond acceptors (Lipinski definition) is 4. The van der Waals surface area contributed by atoms with Crippen molar-refractivity contribution in [3.63, 3.8) is 0 Å². The molecular weight excluding hydrogens is 349 g/mol. The summed E-state index contributed by atoms with van der Waals surface area (Å²) < 4.78 is 13.1. The first-order chi connectivity index (χ1) is 12.7. The molecule has 2 aliphatic heterocycles. The lowest BCUT2D eigenvalue weighted by molar-refractivity contribution is -0.116. The molecule has 4 nitrogen and oxygen atoms in total. The summed E-state index contributed by atoms with van der Waals surface area (Å²) in [6, 6.07) is 14.7. The van der Waals surface area contributed by atoms with Crippen LogP contribution in [0.4, 0.5) is 15.8 Å². The van der Waals surface area contributed by atoms with Gasteiger partial charge in [-0.3, -0.25) is 9.69 Å². The molecule has 2 aromatic carbocycles. The first-order valence-corrected chi connectivity index (χ1v) is 9.86. The van der Waals surface area contributed by atoms with Crippen LogP contribution >= 0.6 is 11.8 Å². The van der Waals surface area contributed by atoms with Gasteiger partial charge in [-0.05, 0) is 49.4 Å². The second kappa shape index (κ2) is 7.68. The van der Waals surface area contributed by atoms with Crippen LogP contribution in [0.3, 0.4) is 0 Å². The number of hydrogen-bond donors (Lipinski definition) is 1. The van der Waals surface area contributed by atoms with Crippen molar-refractivity contribution in [1.29, 1.82) is 0 Å². The normalized spacial score (nSPS) is 20.6. The van der Waals surface area contributed by atoms with E-state index in [-0.39, 0.29) is 17.0 Å². The predicted molar refractivity (Wildman–Crippen MR) is 104 cm³/mol. The standard InChI is InChI=1S/C20H22FN3OS/c21-15-5-7-16(8-6-15)24-13-11-23(12-14-24)10-9-19-20(25)22-17-3-1-2-4-18(17)26-19/h1-8,19H,9-14H2,(H,22,25). The first-order valence-electron chi connectivity index (χ1n) is 8.98. The van der Waals surface area contributed by atoms with E-state index in [0.717, 1.165) is 55.4 Å². The summed E-state index contributed by atoms with van der Waals surface area (Å²) in [6.45, 7) is 4.71. The van der Waals surface area contributed by atoms with Crippen LogP contribution in [0, 0.1) is 5.82 Å². The van der Waals surface area contributed by atoms with Gasteiger partial charge in [0.1, 0.15) is 5.82 Å². The van der Waals surface area contributed by atoms with Crippen molar-refractivity contribution in [2.24, 2.45) is 0 Å². The number of para-hydroxylation sites is 1. The average Bonchev–Trinajstić information content (AvgIpc) is 2.67. The molecule has 1 fully saturated rings. The molecule has 0 spiro atoms. The Hall–Kier alpha value is -2.05. The van der Waals surface area contributed by atoms with Gasteiger partial charge >= 0.3 is 0 Å². The molecule has 1 atom stereocenters. The maximum atomic E-state index is 13.1. The summed E-state index contributed by atoms with van der Waals surface area (Å²) in [7, 11) is 0. The zero-order chi connectivity index (χ0) is 17.9. The Morgan fingerprint density at radius 1 is 1.04 bits per heavy atom. The third-order valence-corrected chi connectivity index (χ3v) is 6.32. The number of nitrogens with one attached hydrogen (secondary N) is 1. The lowest BCUT2D eigenvalue weighted by Crippen LogP contribution is -2.47. The van der Waals surface area contributed by atoms with Crippen molar-refractivity contribution in [2.75, 3.05) is 42.9 Å². The van der Waals surface area contributed by atoms with E-state index in [9.17, 15) is 9.18 Å². The number of benzene rings is 2. The van der Waals surface area contributed by atoms with Crippen molar-refractivity contribution in [1.82, 2.24) is 4.90 Å². The number of carbonyl (C=O) groups is 1. The minimum absolute atomic E-state index is 0.0278. The third kappa shape index (κ3) is 3.86. The molecule has 0 aromatic heterocycles. The molecule has 26 heavy (non-hydrogen) atoms. The van der Waals surface area contributed by atoms with Crippen LogP contribution in [0.15, 0.2) is 53.4 Å². The summed E-state index contributed by atoms with van der Waals surface area (Å²) in [6.07, 6.45) is 0.849. The van der Waals surface area contributed by atoms with Crippen molar-refractivity contribution in [2.45, 2.75) is 16.6 Å². The summed E-state index contributed by atoms with van der Waals surface area (Å²) >= 11 is 1.67. The molecule has 0 saturated carbocycles. The highest BCUT2D eigenvalue weighted by Crippen LogP contribution is 2.36. The number of halogens is 1. The second-order valence-corrected chi connectivity index (χ2v) is 7.93. The van der Waals surface area contributed by atoms with E-state index in [1.165, 1.54) is 12.1 Å². The van der Waals surface area contributed by atoms with Crippen LogP contribution < -0.4 is 10.2 Å². The SMILES string of the molecule is O=C1Nc2ccccc2SC1CCN1CCN(c2ccc(F)cc2)CC1. The molecule has 1 saturated heterocycles. The molecule has 1 amide bonds. The molecular formula is C20H22FN3OS. The van der Waals surface area contributed by atoms with Gasteiger partial charge in [-0.25, -0.2) is 4.39 Å². The van der Waals surface area contributed by atoms with Gasteiger partial charge < -0.3 is 10.2 Å². The zero-order valence-electron chi connectivity index (χ0n) is 14.5. The maximum Gasteiger partial charge on any atom is 0.237 e. The number of piperazine rings is 1. The number of carbonyl (C=O) groups excluding carboxylic acids is 1. The molecule has 0 radical (unpaired) electrons. The third-order valence-electron chi connectivity index (χ3n) is 4.98. The van der Waals surface area contributed by atoms with Crippen LogP contribution in [0.1, 0.15) is 6.42 Å². The van der Waals surface area contributed by atoms with E-state index in [2.05, 4.69) is 21.2 Å². The number of fused-ring (bicyclic) bond motifs is 1. The van der Waals surface area contributed by atoms with Gasteiger partial charge in [0, 0.05) is 36.8 Å². The molecule has 6 heteroatoms. The summed E-state index contributed by atoms with van der Waals surface area (Å²) in [5.74, 6) is -0.0872. The van der Waals surface area contributed by atoms with Crippen molar-refractivity contribution in [3.05, 3.63) is 54.3 Å². The average molecular weight is 371 g/mol. The zero-order valence-corrected chi connectivity index (χ0v) is 15.3. The topological polar surface area (TPSA) is 35.6 Å².